The molecule has 1 saturated heterocycles. The van der Waals surface area contributed by atoms with Gasteiger partial charge in [-0.25, -0.2) is 4.39 Å². The molecule has 0 aromatic rings. The van der Waals surface area contributed by atoms with E-state index in [0.29, 0.717) is 6.54 Å². The molecule has 1 N–H and O–H groups in total. The first-order valence-corrected chi connectivity index (χ1v) is 5.88. The Bertz CT molecular complexity index is 126. The van der Waals surface area contributed by atoms with Gasteiger partial charge in [0.25, 0.3) is 0 Å². The summed E-state index contributed by atoms with van der Waals surface area (Å²) >= 11 is 0. The van der Waals surface area contributed by atoms with E-state index in [1.165, 1.54) is 0 Å². The van der Waals surface area contributed by atoms with Gasteiger partial charge < -0.3 is 5.32 Å². The summed E-state index contributed by atoms with van der Waals surface area (Å²) < 4.78 is 13.4. The molecule has 0 bridgehead atoms. The molecule has 1 aliphatic rings. The summed E-state index contributed by atoms with van der Waals surface area (Å²) in [4.78, 5) is 2.21. The molecule has 2 unspecified atom stereocenters. The molecule has 0 spiro atoms. The van der Waals surface area contributed by atoms with Crippen molar-refractivity contribution in [3.8, 4) is 0 Å². The Balaban J connectivity index is 0.000000791. The number of rotatable bonds is 3. The predicted octanol–water partition coefficient (Wildman–Crippen LogP) is 2.05. The molecule has 0 saturated carbocycles. The van der Waals surface area contributed by atoms with E-state index in [4.69, 9.17) is 0 Å². The predicted molar refractivity (Wildman–Crippen MR) is 60.4 cm³/mol. The second-order valence-corrected chi connectivity index (χ2v) is 3.30. The molecule has 0 aliphatic carbocycles. The minimum atomic E-state index is -0.682. The van der Waals surface area contributed by atoms with Crippen LogP contribution in [0.25, 0.3) is 0 Å². The average Bonchev–Trinajstić information content (AvgIpc) is 2.25. The second kappa shape index (κ2) is 8.18. The van der Waals surface area contributed by atoms with Crippen molar-refractivity contribution in [3.63, 3.8) is 0 Å². The monoisotopic (exact) mass is 204 g/mol. The van der Waals surface area contributed by atoms with Gasteiger partial charge in [-0.3, -0.25) is 4.90 Å². The molecule has 86 valence electrons. The van der Waals surface area contributed by atoms with E-state index in [9.17, 15) is 4.39 Å². The SMILES string of the molecule is CC.CCN(CC)C1CCNCC1F. The molecule has 1 aliphatic heterocycles. The van der Waals surface area contributed by atoms with Crippen LogP contribution in [0.5, 0.6) is 0 Å². The van der Waals surface area contributed by atoms with Crippen LogP contribution < -0.4 is 5.32 Å². The Morgan fingerprint density at radius 2 is 1.86 bits per heavy atom. The van der Waals surface area contributed by atoms with E-state index < -0.39 is 6.17 Å². The molecule has 0 aromatic heterocycles. The maximum atomic E-state index is 13.4. The van der Waals surface area contributed by atoms with Gasteiger partial charge in [-0.2, -0.15) is 0 Å². The van der Waals surface area contributed by atoms with Gasteiger partial charge in [-0.1, -0.05) is 27.7 Å². The summed E-state index contributed by atoms with van der Waals surface area (Å²) in [6.45, 7) is 11.6. The molecule has 1 rings (SSSR count). The van der Waals surface area contributed by atoms with Gasteiger partial charge >= 0.3 is 0 Å². The number of alkyl halides is 1. The first-order chi connectivity index (χ1) is 6.79. The van der Waals surface area contributed by atoms with Crippen molar-refractivity contribution >= 4 is 0 Å². The number of hydrogen-bond acceptors (Lipinski definition) is 2. The molecule has 2 atom stereocenters. The number of nitrogens with zero attached hydrogens (tertiary/aromatic N) is 1. The lowest BCUT2D eigenvalue weighted by atomic mass is 10.0. The van der Waals surface area contributed by atoms with E-state index in [2.05, 4.69) is 24.1 Å². The Labute approximate surface area is 87.9 Å². The molecule has 0 amide bonds. The summed E-state index contributed by atoms with van der Waals surface area (Å²) in [5.41, 5.74) is 0. The normalized spacial score (nSPS) is 27.0. The molecular weight excluding hydrogens is 179 g/mol. The molecular formula is C11H25FN2. The van der Waals surface area contributed by atoms with Crippen molar-refractivity contribution in [2.45, 2.75) is 46.3 Å². The van der Waals surface area contributed by atoms with Crippen molar-refractivity contribution in [3.05, 3.63) is 0 Å². The van der Waals surface area contributed by atoms with Crippen molar-refractivity contribution < 1.29 is 4.39 Å². The van der Waals surface area contributed by atoms with Gasteiger partial charge in [0.2, 0.25) is 0 Å². The lowest BCUT2D eigenvalue weighted by Crippen LogP contribution is -2.50. The van der Waals surface area contributed by atoms with Crippen LogP contribution >= 0.6 is 0 Å². The zero-order valence-electron chi connectivity index (χ0n) is 10.0. The standard InChI is InChI=1S/C9H19FN2.C2H6/c1-3-12(4-2)9-5-6-11-7-8(9)10;1-2/h8-9,11H,3-7H2,1-2H3;1-2H3. The van der Waals surface area contributed by atoms with Crippen LogP contribution in [0.2, 0.25) is 0 Å². The fourth-order valence-electron chi connectivity index (χ4n) is 1.91. The number of nitrogens with one attached hydrogen (secondary N) is 1. The van der Waals surface area contributed by atoms with E-state index in [1.807, 2.05) is 13.8 Å². The highest BCUT2D eigenvalue weighted by Gasteiger charge is 2.27. The van der Waals surface area contributed by atoms with Crippen molar-refractivity contribution in [2.75, 3.05) is 26.2 Å². The van der Waals surface area contributed by atoms with Crippen LogP contribution in [-0.2, 0) is 0 Å². The first kappa shape index (κ1) is 13.8. The summed E-state index contributed by atoms with van der Waals surface area (Å²) in [7, 11) is 0. The van der Waals surface area contributed by atoms with Crippen LogP contribution in [0, 0.1) is 0 Å². The zero-order chi connectivity index (χ0) is 11.0. The maximum absolute atomic E-state index is 13.4. The van der Waals surface area contributed by atoms with Gasteiger partial charge in [0.05, 0.1) is 0 Å². The largest absolute Gasteiger partial charge is 0.314 e. The third-order valence-electron chi connectivity index (χ3n) is 2.66. The summed E-state index contributed by atoms with van der Waals surface area (Å²) in [6, 6.07) is 0.154. The third-order valence-corrected chi connectivity index (χ3v) is 2.66. The number of halogens is 1. The Kier molecular flexibility index (Phi) is 8.09. The van der Waals surface area contributed by atoms with Crippen LogP contribution in [0.1, 0.15) is 34.1 Å². The van der Waals surface area contributed by atoms with Crippen molar-refractivity contribution in [1.29, 1.82) is 0 Å². The summed E-state index contributed by atoms with van der Waals surface area (Å²) in [6.07, 6.45) is 0.265. The van der Waals surface area contributed by atoms with Gasteiger partial charge in [-0.15, -0.1) is 0 Å². The molecule has 0 aromatic carbocycles. The van der Waals surface area contributed by atoms with Gasteiger partial charge in [0, 0.05) is 12.6 Å². The summed E-state index contributed by atoms with van der Waals surface area (Å²) in [5, 5.41) is 3.07. The third kappa shape index (κ3) is 3.93. The maximum Gasteiger partial charge on any atom is 0.128 e. The molecule has 14 heavy (non-hydrogen) atoms. The Morgan fingerprint density at radius 1 is 1.29 bits per heavy atom. The van der Waals surface area contributed by atoms with E-state index in [1.54, 1.807) is 0 Å². The Morgan fingerprint density at radius 3 is 2.29 bits per heavy atom. The first-order valence-electron chi connectivity index (χ1n) is 5.88. The topological polar surface area (TPSA) is 15.3 Å². The lowest BCUT2D eigenvalue weighted by Gasteiger charge is -2.35. The van der Waals surface area contributed by atoms with Crippen molar-refractivity contribution in [2.24, 2.45) is 0 Å². The quantitative estimate of drug-likeness (QED) is 0.757. The van der Waals surface area contributed by atoms with Gasteiger partial charge in [-0.05, 0) is 26.1 Å². The Hall–Kier alpha value is -0.150. The molecule has 3 heteroatoms. The second-order valence-electron chi connectivity index (χ2n) is 3.30. The highest BCUT2D eigenvalue weighted by atomic mass is 19.1. The molecule has 1 heterocycles. The average molecular weight is 204 g/mol. The minimum Gasteiger partial charge on any atom is -0.314 e. The van der Waals surface area contributed by atoms with Crippen LogP contribution in [0.4, 0.5) is 4.39 Å². The van der Waals surface area contributed by atoms with E-state index in [-0.39, 0.29) is 6.04 Å². The van der Waals surface area contributed by atoms with E-state index >= 15 is 0 Å². The lowest BCUT2D eigenvalue weighted by molar-refractivity contribution is 0.0930. The fourth-order valence-corrected chi connectivity index (χ4v) is 1.91. The van der Waals surface area contributed by atoms with E-state index in [0.717, 1.165) is 26.1 Å². The van der Waals surface area contributed by atoms with Gasteiger partial charge in [0.1, 0.15) is 6.17 Å². The number of hydrogen-bond donors (Lipinski definition) is 1. The van der Waals surface area contributed by atoms with Gasteiger partial charge in [0.15, 0.2) is 0 Å². The molecule has 1 fully saturated rings. The fraction of sp³-hybridized carbons (Fsp3) is 1.00. The highest BCUT2D eigenvalue weighted by Crippen LogP contribution is 2.14. The van der Waals surface area contributed by atoms with Crippen LogP contribution in [0.3, 0.4) is 0 Å². The molecule has 0 radical (unpaired) electrons. The van der Waals surface area contributed by atoms with Crippen LogP contribution in [0.15, 0.2) is 0 Å². The highest BCUT2D eigenvalue weighted by molar-refractivity contribution is 4.84. The van der Waals surface area contributed by atoms with Crippen molar-refractivity contribution in [1.82, 2.24) is 10.2 Å². The number of piperidine rings is 1. The summed E-state index contributed by atoms with van der Waals surface area (Å²) in [5.74, 6) is 0. The zero-order valence-corrected chi connectivity index (χ0v) is 10.0. The smallest absolute Gasteiger partial charge is 0.128 e. The van der Waals surface area contributed by atoms with Crippen LogP contribution in [-0.4, -0.2) is 43.3 Å². The molecule has 2 nitrogen and oxygen atoms in total. The minimum absolute atomic E-state index is 0.154.